The molecule has 1 aromatic carbocycles. The molecule has 0 radical (unpaired) electrons. The number of para-hydroxylation sites is 1. The molecule has 0 aliphatic carbocycles. The molecule has 0 bridgehead atoms. The molecule has 0 fully saturated rings. The second kappa shape index (κ2) is 7.40. The highest BCUT2D eigenvalue weighted by Crippen LogP contribution is 2.22. The summed E-state index contributed by atoms with van der Waals surface area (Å²) in [4.78, 5) is 22.9. The van der Waals surface area contributed by atoms with Gasteiger partial charge in [0.05, 0.1) is 16.7 Å². The first-order valence-corrected chi connectivity index (χ1v) is 8.77. The maximum absolute atomic E-state index is 12.1. The highest BCUT2D eigenvalue weighted by Gasteiger charge is 2.09. The van der Waals surface area contributed by atoms with Crippen LogP contribution in [0, 0.1) is 0 Å². The van der Waals surface area contributed by atoms with E-state index in [0.717, 1.165) is 28.0 Å². The average molecular weight is 340 g/mol. The third-order valence-electron chi connectivity index (χ3n) is 3.81. The van der Waals surface area contributed by atoms with Crippen molar-refractivity contribution in [1.29, 1.82) is 0 Å². The molecule has 5 nitrogen and oxygen atoms in total. The lowest BCUT2D eigenvalue weighted by Gasteiger charge is -2.15. The van der Waals surface area contributed by atoms with Gasteiger partial charge in [-0.3, -0.25) is 4.79 Å². The summed E-state index contributed by atoms with van der Waals surface area (Å²) in [6.45, 7) is 0.500. The number of carbonyl (C=O) groups is 1. The highest BCUT2D eigenvalue weighted by atomic mass is 32.1. The first-order valence-electron chi connectivity index (χ1n) is 7.83. The second-order valence-corrected chi connectivity index (χ2v) is 6.53. The summed E-state index contributed by atoms with van der Waals surface area (Å²) in [6, 6.07) is 10.0. The molecule has 0 atom stereocenters. The van der Waals surface area contributed by atoms with E-state index in [4.69, 9.17) is 0 Å². The maximum Gasteiger partial charge on any atom is 0.220 e. The van der Waals surface area contributed by atoms with Crippen LogP contribution >= 0.6 is 11.3 Å². The zero-order valence-electron chi connectivity index (χ0n) is 13.8. The van der Waals surface area contributed by atoms with Crippen LogP contribution in [0.5, 0.6) is 0 Å². The fourth-order valence-electron chi connectivity index (χ4n) is 2.49. The van der Waals surface area contributed by atoms with E-state index < -0.39 is 0 Å². The van der Waals surface area contributed by atoms with Crippen molar-refractivity contribution in [3.8, 4) is 0 Å². The fourth-order valence-corrected chi connectivity index (χ4v) is 3.09. The van der Waals surface area contributed by atoms with Crippen molar-refractivity contribution >= 4 is 34.0 Å². The lowest BCUT2D eigenvalue weighted by atomic mass is 10.1. The van der Waals surface area contributed by atoms with Crippen molar-refractivity contribution in [2.24, 2.45) is 0 Å². The molecule has 0 saturated heterocycles. The first kappa shape index (κ1) is 16.4. The van der Waals surface area contributed by atoms with E-state index in [2.05, 4.69) is 15.3 Å². The smallest absolute Gasteiger partial charge is 0.220 e. The second-order valence-electron chi connectivity index (χ2n) is 5.81. The molecule has 2 aromatic heterocycles. The van der Waals surface area contributed by atoms with E-state index in [1.54, 1.807) is 16.8 Å². The molecule has 24 heavy (non-hydrogen) atoms. The quantitative estimate of drug-likeness (QED) is 0.749. The number of carbonyl (C=O) groups excluding carboxylic acids is 1. The Hall–Kier alpha value is -2.47. The van der Waals surface area contributed by atoms with E-state index in [1.807, 2.05) is 54.7 Å². The van der Waals surface area contributed by atoms with Crippen LogP contribution in [0.4, 0.5) is 5.82 Å². The number of hydrogen-bond donors (Lipinski definition) is 1. The molecular weight excluding hydrogens is 320 g/mol. The Morgan fingerprint density at radius 2 is 2.12 bits per heavy atom. The predicted molar refractivity (Wildman–Crippen MR) is 98.4 cm³/mol. The Balaban J connectivity index is 1.70. The third kappa shape index (κ3) is 3.89. The summed E-state index contributed by atoms with van der Waals surface area (Å²) in [5.41, 5.74) is 4.78. The molecule has 0 saturated carbocycles. The zero-order valence-corrected chi connectivity index (χ0v) is 14.6. The minimum Gasteiger partial charge on any atom is -0.363 e. The molecule has 124 valence electrons. The van der Waals surface area contributed by atoms with Gasteiger partial charge in [0.1, 0.15) is 5.82 Å². The molecule has 6 heteroatoms. The van der Waals surface area contributed by atoms with Crippen molar-refractivity contribution in [3.05, 3.63) is 52.5 Å². The van der Waals surface area contributed by atoms with Gasteiger partial charge in [-0.15, -0.1) is 11.3 Å². The number of anilines is 1. The van der Waals surface area contributed by atoms with Crippen LogP contribution in [0.15, 0.2) is 41.2 Å². The van der Waals surface area contributed by atoms with Crippen LogP contribution < -0.4 is 10.2 Å². The summed E-state index contributed by atoms with van der Waals surface area (Å²) >= 11 is 1.55. The number of aryl methyl sites for hydroxylation is 1. The molecule has 1 N–H and O–H groups in total. The van der Waals surface area contributed by atoms with Crippen molar-refractivity contribution < 1.29 is 4.79 Å². The Labute approximate surface area is 145 Å². The molecule has 0 spiro atoms. The van der Waals surface area contributed by atoms with Crippen LogP contribution in [-0.4, -0.2) is 30.0 Å². The van der Waals surface area contributed by atoms with Crippen LogP contribution in [0.1, 0.15) is 17.7 Å². The highest BCUT2D eigenvalue weighted by molar-refractivity contribution is 7.07. The predicted octanol–water partition coefficient (Wildman–Crippen LogP) is 3.01. The van der Waals surface area contributed by atoms with Gasteiger partial charge < -0.3 is 10.2 Å². The first-order chi connectivity index (χ1) is 11.6. The minimum absolute atomic E-state index is 0.0373. The number of hydrogen-bond acceptors (Lipinski definition) is 5. The van der Waals surface area contributed by atoms with Gasteiger partial charge in [-0.2, -0.15) is 0 Å². The molecule has 3 rings (SSSR count). The number of thiazole rings is 1. The van der Waals surface area contributed by atoms with Crippen LogP contribution in [0.3, 0.4) is 0 Å². The van der Waals surface area contributed by atoms with Gasteiger partial charge in [0.25, 0.3) is 0 Å². The molecule has 0 aliphatic heterocycles. The lowest BCUT2D eigenvalue weighted by Crippen LogP contribution is -2.23. The van der Waals surface area contributed by atoms with Gasteiger partial charge in [-0.25, -0.2) is 9.97 Å². The number of aromatic nitrogens is 2. The lowest BCUT2D eigenvalue weighted by molar-refractivity contribution is -0.121. The van der Waals surface area contributed by atoms with Crippen LogP contribution in [-0.2, 0) is 17.8 Å². The number of nitrogens with one attached hydrogen (secondary N) is 1. The van der Waals surface area contributed by atoms with Gasteiger partial charge in [-0.05, 0) is 24.1 Å². The van der Waals surface area contributed by atoms with E-state index in [1.165, 1.54) is 0 Å². The van der Waals surface area contributed by atoms with Crippen LogP contribution in [0.25, 0.3) is 10.9 Å². The number of amides is 1. The molecule has 3 aromatic rings. The van der Waals surface area contributed by atoms with Crippen molar-refractivity contribution in [3.63, 3.8) is 0 Å². The molecule has 2 heterocycles. The topological polar surface area (TPSA) is 58.1 Å². The van der Waals surface area contributed by atoms with Gasteiger partial charge in [0.15, 0.2) is 0 Å². The van der Waals surface area contributed by atoms with E-state index in [9.17, 15) is 4.79 Å². The number of rotatable bonds is 6. The normalized spacial score (nSPS) is 10.8. The Bertz CT molecular complexity index is 830. The van der Waals surface area contributed by atoms with Gasteiger partial charge in [0.2, 0.25) is 5.91 Å². The molecular formula is C18H20N4OS. The Morgan fingerprint density at radius 3 is 2.88 bits per heavy atom. The van der Waals surface area contributed by atoms with Crippen molar-refractivity contribution in [2.45, 2.75) is 19.4 Å². The number of pyridine rings is 1. The molecule has 0 unspecified atom stereocenters. The van der Waals surface area contributed by atoms with Crippen molar-refractivity contribution in [2.75, 3.05) is 19.0 Å². The monoisotopic (exact) mass is 340 g/mol. The summed E-state index contributed by atoms with van der Waals surface area (Å²) in [5, 5.41) is 6.06. The number of nitrogens with zero attached hydrogens (tertiary/aromatic N) is 3. The fraction of sp³-hybridized carbons (Fsp3) is 0.278. The summed E-state index contributed by atoms with van der Waals surface area (Å²) in [5.74, 6) is 0.927. The summed E-state index contributed by atoms with van der Waals surface area (Å²) < 4.78 is 0. The maximum atomic E-state index is 12.1. The SMILES string of the molecule is CN(C)c1cc(CNC(=O)CCc2cscn2)c2ccccc2n1. The van der Waals surface area contributed by atoms with Gasteiger partial charge >= 0.3 is 0 Å². The van der Waals surface area contributed by atoms with Crippen LogP contribution in [0.2, 0.25) is 0 Å². The number of fused-ring (bicyclic) bond motifs is 1. The average Bonchev–Trinajstić information content (AvgIpc) is 3.11. The van der Waals surface area contributed by atoms with Crippen molar-refractivity contribution in [1.82, 2.24) is 15.3 Å². The van der Waals surface area contributed by atoms with E-state index in [0.29, 0.717) is 19.4 Å². The number of benzene rings is 1. The summed E-state index contributed by atoms with van der Waals surface area (Å²) in [7, 11) is 3.93. The Kier molecular flexibility index (Phi) is 5.05. The minimum atomic E-state index is 0.0373. The Morgan fingerprint density at radius 1 is 1.29 bits per heavy atom. The summed E-state index contributed by atoms with van der Waals surface area (Å²) in [6.07, 6.45) is 1.13. The zero-order chi connectivity index (χ0) is 16.9. The van der Waals surface area contributed by atoms with E-state index in [-0.39, 0.29) is 5.91 Å². The standard InChI is InChI=1S/C18H20N4OS/c1-22(2)17-9-13(15-5-3-4-6-16(15)21-17)10-19-18(23)8-7-14-11-24-12-20-14/h3-6,9,11-12H,7-8,10H2,1-2H3,(H,19,23). The largest absolute Gasteiger partial charge is 0.363 e. The molecule has 1 amide bonds. The third-order valence-corrected chi connectivity index (χ3v) is 4.45. The van der Waals surface area contributed by atoms with Gasteiger partial charge in [0, 0.05) is 37.8 Å². The molecule has 0 aliphatic rings. The van der Waals surface area contributed by atoms with Gasteiger partial charge in [-0.1, -0.05) is 18.2 Å². The van der Waals surface area contributed by atoms with E-state index >= 15 is 0 Å².